The van der Waals surface area contributed by atoms with Crippen LogP contribution >= 0.6 is 27.3 Å². The number of para-hydroxylation sites is 1. The zero-order valence-electron chi connectivity index (χ0n) is 13.4. The Morgan fingerprint density at radius 2 is 2.00 bits per heavy atom. The molecule has 0 saturated carbocycles. The third kappa shape index (κ3) is 5.62. The lowest BCUT2D eigenvalue weighted by Gasteiger charge is -2.13. The maximum atomic E-state index is 12.0. The molecular formula is C18H18BrNO3S. The van der Waals surface area contributed by atoms with Crippen molar-refractivity contribution < 1.29 is 14.3 Å². The lowest BCUT2D eigenvalue weighted by Crippen LogP contribution is -2.21. The predicted molar refractivity (Wildman–Crippen MR) is 101 cm³/mol. The minimum absolute atomic E-state index is 0.289. The molecule has 0 atom stereocenters. The summed E-state index contributed by atoms with van der Waals surface area (Å²) in [5, 5.41) is 2.78. The summed E-state index contributed by atoms with van der Waals surface area (Å²) in [4.78, 5) is 24.5. The van der Waals surface area contributed by atoms with Crippen LogP contribution in [0.3, 0.4) is 0 Å². The molecule has 0 fully saturated rings. The van der Waals surface area contributed by atoms with Gasteiger partial charge in [-0.15, -0.1) is 11.3 Å². The summed E-state index contributed by atoms with van der Waals surface area (Å²) in [6, 6.07) is 11.4. The maximum absolute atomic E-state index is 12.0. The Bertz CT molecular complexity index is 752. The molecule has 0 saturated heterocycles. The van der Waals surface area contributed by atoms with Gasteiger partial charge in [0.05, 0.1) is 3.79 Å². The van der Waals surface area contributed by atoms with Crippen molar-refractivity contribution in [3.63, 3.8) is 0 Å². The summed E-state index contributed by atoms with van der Waals surface area (Å²) in [5.74, 6) is -0.618. The third-order valence-corrected chi connectivity index (χ3v) is 4.77. The molecule has 1 heterocycles. The second-order valence-electron chi connectivity index (χ2n) is 5.37. The molecule has 0 spiro atoms. The Kier molecular flexibility index (Phi) is 6.75. The SMILES string of the molecule is CC(C)c1ccccc1NC(=O)COC(=O)/C=C/c1ccc(Br)s1. The van der Waals surface area contributed by atoms with Gasteiger partial charge in [-0.25, -0.2) is 4.79 Å². The first-order valence-electron chi connectivity index (χ1n) is 7.44. The lowest BCUT2D eigenvalue weighted by molar-refractivity contribution is -0.142. The number of ether oxygens (including phenoxy) is 1. The number of benzene rings is 1. The number of nitrogens with one attached hydrogen (secondary N) is 1. The molecule has 6 heteroatoms. The van der Waals surface area contributed by atoms with Crippen LogP contribution in [0.5, 0.6) is 0 Å². The lowest BCUT2D eigenvalue weighted by atomic mass is 10.0. The maximum Gasteiger partial charge on any atom is 0.331 e. The number of hydrogen-bond acceptors (Lipinski definition) is 4. The molecule has 2 aromatic rings. The number of hydrogen-bond donors (Lipinski definition) is 1. The first-order valence-corrected chi connectivity index (χ1v) is 9.05. The highest BCUT2D eigenvalue weighted by Gasteiger charge is 2.10. The van der Waals surface area contributed by atoms with Gasteiger partial charge in [-0.05, 0) is 51.7 Å². The van der Waals surface area contributed by atoms with Crippen LogP contribution in [0, 0.1) is 0 Å². The van der Waals surface area contributed by atoms with Crippen LogP contribution in [0.4, 0.5) is 5.69 Å². The van der Waals surface area contributed by atoms with Crippen molar-refractivity contribution in [1.29, 1.82) is 0 Å². The van der Waals surface area contributed by atoms with Gasteiger partial charge < -0.3 is 10.1 Å². The summed E-state index contributed by atoms with van der Waals surface area (Å²) in [5.41, 5.74) is 1.79. The number of carbonyl (C=O) groups is 2. The summed E-state index contributed by atoms with van der Waals surface area (Å²) in [6.07, 6.45) is 2.97. The van der Waals surface area contributed by atoms with Crippen LogP contribution in [0.15, 0.2) is 46.3 Å². The van der Waals surface area contributed by atoms with Crippen molar-refractivity contribution in [3.05, 3.63) is 56.7 Å². The van der Waals surface area contributed by atoms with Crippen LogP contribution in [-0.2, 0) is 14.3 Å². The average molecular weight is 408 g/mol. The van der Waals surface area contributed by atoms with Crippen molar-refractivity contribution in [3.8, 4) is 0 Å². The van der Waals surface area contributed by atoms with Crippen molar-refractivity contribution in [2.24, 2.45) is 0 Å². The Morgan fingerprint density at radius 3 is 2.67 bits per heavy atom. The van der Waals surface area contributed by atoms with E-state index in [2.05, 4.69) is 35.1 Å². The smallest absolute Gasteiger partial charge is 0.331 e. The summed E-state index contributed by atoms with van der Waals surface area (Å²) in [6.45, 7) is 3.79. The highest BCUT2D eigenvalue weighted by molar-refractivity contribution is 9.11. The normalized spacial score (nSPS) is 11.0. The van der Waals surface area contributed by atoms with E-state index in [-0.39, 0.29) is 18.4 Å². The van der Waals surface area contributed by atoms with Gasteiger partial charge in [0.2, 0.25) is 0 Å². The van der Waals surface area contributed by atoms with E-state index in [0.717, 1.165) is 19.9 Å². The van der Waals surface area contributed by atoms with Crippen LogP contribution in [0.25, 0.3) is 6.08 Å². The Morgan fingerprint density at radius 1 is 1.25 bits per heavy atom. The van der Waals surface area contributed by atoms with Gasteiger partial charge in [0.25, 0.3) is 5.91 Å². The number of carbonyl (C=O) groups excluding carboxylic acids is 2. The second kappa shape index (κ2) is 8.80. The van der Waals surface area contributed by atoms with Crippen LogP contribution in [0.2, 0.25) is 0 Å². The van der Waals surface area contributed by atoms with Crippen molar-refractivity contribution in [2.45, 2.75) is 19.8 Å². The molecule has 0 bridgehead atoms. The largest absolute Gasteiger partial charge is 0.452 e. The fourth-order valence-electron chi connectivity index (χ4n) is 2.05. The van der Waals surface area contributed by atoms with E-state index in [1.165, 1.54) is 17.4 Å². The van der Waals surface area contributed by atoms with Gasteiger partial charge in [-0.3, -0.25) is 4.79 Å². The zero-order valence-corrected chi connectivity index (χ0v) is 15.8. The molecule has 2 rings (SSSR count). The Labute approximate surface area is 153 Å². The van der Waals surface area contributed by atoms with E-state index in [4.69, 9.17) is 4.74 Å². The summed E-state index contributed by atoms with van der Waals surface area (Å²) in [7, 11) is 0. The first-order chi connectivity index (χ1) is 11.5. The summed E-state index contributed by atoms with van der Waals surface area (Å²) >= 11 is 4.85. The molecule has 4 nitrogen and oxygen atoms in total. The monoisotopic (exact) mass is 407 g/mol. The molecule has 1 aromatic carbocycles. The van der Waals surface area contributed by atoms with E-state index in [1.54, 1.807) is 6.08 Å². The standard InChI is InChI=1S/C18H18BrNO3S/c1-12(2)14-5-3-4-6-15(14)20-17(21)11-23-18(22)10-8-13-7-9-16(19)24-13/h3-10,12H,11H2,1-2H3,(H,20,21)/b10-8+. The summed E-state index contributed by atoms with van der Waals surface area (Å²) < 4.78 is 5.94. The molecule has 0 aliphatic rings. The van der Waals surface area contributed by atoms with E-state index >= 15 is 0 Å². The molecule has 0 radical (unpaired) electrons. The molecule has 0 aliphatic heterocycles. The zero-order chi connectivity index (χ0) is 17.5. The highest BCUT2D eigenvalue weighted by Crippen LogP contribution is 2.24. The predicted octanol–water partition coefficient (Wildman–Crippen LogP) is 4.83. The topological polar surface area (TPSA) is 55.4 Å². The van der Waals surface area contributed by atoms with Crippen molar-refractivity contribution in [2.75, 3.05) is 11.9 Å². The quantitative estimate of drug-likeness (QED) is 0.550. The number of halogens is 1. The van der Waals surface area contributed by atoms with Gasteiger partial charge >= 0.3 is 5.97 Å². The van der Waals surface area contributed by atoms with Gasteiger partial charge in [0, 0.05) is 16.6 Å². The van der Waals surface area contributed by atoms with Crippen LogP contribution in [0.1, 0.15) is 30.2 Å². The first kappa shape index (κ1) is 18.4. The number of esters is 1. The molecular weight excluding hydrogens is 390 g/mol. The molecule has 1 N–H and O–H groups in total. The number of amides is 1. The molecule has 24 heavy (non-hydrogen) atoms. The van der Waals surface area contributed by atoms with Gasteiger partial charge in [-0.2, -0.15) is 0 Å². The minimum atomic E-state index is -0.549. The Balaban J connectivity index is 1.85. The second-order valence-corrected chi connectivity index (χ2v) is 7.87. The van der Waals surface area contributed by atoms with Crippen LogP contribution < -0.4 is 5.32 Å². The molecule has 0 unspecified atom stereocenters. The fourth-order valence-corrected chi connectivity index (χ4v) is 3.38. The van der Waals surface area contributed by atoms with E-state index in [0.29, 0.717) is 0 Å². The molecule has 126 valence electrons. The van der Waals surface area contributed by atoms with Gasteiger partial charge in [0.15, 0.2) is 6.61 Å². The number of thiophene rings is 1. The Hall–Kier alpha value is -1.92. The van der Waals surface area contributed by atoms with Gasteiger partial charge in [0.1, 0.15) is 0 Å². The van der Waals surface area contributed by atoms with E-state index < -0.39 is 5.97 Å². The van der Waals surface area contributed by atoms with Crippen molar-refractivity contribution >= 4 is 50.9 Å². The number of anilines is 1. The molecule has 0 aliphatic carbocycles. The van der Waals surface area contributed by atoms with E-state index in [1.807, 2.05) is 36.4 Å². The highest BCUT2D eigenvalue weighted by atomic mass is 79.9. The van der Waals surface area contributed by atoms with E-state index in [9.17, 15) is 9.59 Å². The molecule has 1 amide bonds. The fraction of sp³-hybridized carbons (Fsp3) is 0.222. The van der Waals surface area contributed by atoms with Gasteiger partial charge in [-0.1, -0.05) is 32.0 Å². The molecule has 1 aromatic heterocycles. The average Bonchev–Trinajstić information content (AvgIpc) is 2.97. The third-order valence-electron chi connectivity index (χ3n) is 3.18. The minimum Gasteiger partial charge on any atom is -0.452 e. The van der Waals surface area contributed by atoms with Crippen LogP contribution in [-0.4, -0.2) is 18.5 Å². The van der Waals surface area contributed by atoms with Crippen molar-refractivity contribution in [1.82, 2.24) is 0 Å². The number of rotatable bonds is 6.